The van der Waals surface area contributed by atoms with Crippen LogP contribution in [0.1, 0.15) is 12.8 Å². The van der Waals surface area contributed by atoms with Crippen LogP contribution in [0.15, 0.2) is 24.3 Å². The number of carbonyl (C=O) groups is 2. The third-order valence-corrected chi connectivity index (χ3v) is 4.55. The Balaban J connectivity index is 0.00000243. The van der Waals surface area contributed by atoms with Gasteiger partial charge in [-0.3, -0.25) is 14.5 Å². The van der Waals surface area contributed by atoms with E-state index in [1.54, 1.807) is 17.0 Å². The Morgan fingerprint density at radius 1 is 1.15 bits per heavy atom. The molecule has 3 rings (SSSR count). The van der Waals surface area contributed by atoms with Crippen molar-refractivity contribution in [1.29, 1.82) is 0 Å². The molecule has 0 bridgehead atoms. The molecule has 8 heteroatoms. The summed E-state index contributed by atoms with van der Waals surface area (Å²) in [5, 5.41) is 6.19. The zero-order chi connectivity index (χ0) is 17.5. The number of ether oxygens (including phenoxy) is 1. The SMILES string of the molecule is Cl.O=C(COc1ccc(N2CCCC2=O)cc1)NCCN1CCNCC1. The highest BCUT2D eigenvalue weighted by molar-refractivity contribution is 5.95. The van der Waals surface area contributed by atoms with Crippen molar-refractivity contribution in [2.24, 2.45) is 0 Å². The van der Waals surface area contributed by atoms with Crippen molar-refractivity contribution in [3.8, 4) is 5.75 Å². The van der Waals surface area contributed by atoms with E-state index in [0.29, 0.717) is 18.7 Å². The van der Waals surface area contributed by atoms with Gasteiger partial charge in [0.05, 0.1) is 0 Å². The number of hydrogen-bond donors (Lipinski definition) is 2. The molecule has 1 aromatic carbocycles. The first kappa shape index (κ1) is 20.5. The summed E-state index contributed by atoms with van der Waals surface area (Å²) in [7, 11) is 0. The second-order valence-corrected chi connectivity index (χ2v) is 6.37. The van der Waals surface area contributed by atoms with Gasteiger partial charge in [-0.25, -0.2) is 0 Å². The van der Waals surface area contributed by atoms with E-state index in [4.69, 9.17) is 4.74 Å². The molecule has 2 fully saturated rings. The van der Waals surface area contributed by atoms with Crippen molar-refractivity contribution in [2.75, 3.05) is 57.3 Å². The third-order valence-electron chi connectivity index (χ3n) is 4.55. The van der Waals surface area contributed by atoms with E-state index in [9.17, 15) is 9.59 Å². The number of hydrogen-bond acceptors (Lipinski definition) is 5. The number of benzene rings is 1. The first-order chi connectivity index (χ1) is 12.2. The van der Waals surface area contributed by atoms with Crippen LogP contribution in [0.3, 0.4) is 0 Å². The van der Waals surface area contributed by atoms with Crippen LogP contribution < -0.4 is 20.3 Å². The van der Waals surface area contributed by atoms with E-state index < -0.39 is 0 Å². The maximum absolute atomic E-state index is 11.9. The highest BCUT2D eigenvalue weighted by Gasteiger charge is 2.21. The first-order valence-corrected chi connectivity index (χ1v) is 8.95. The predicted octanol–water partition coefficient (Wildman–Crippen LogP) is 0.635. The monoisotopic (exact) mass is 382 g/mol. The Hall–Kier alpha value is -1.83. The number of nitrogens with zero attached hydrogens (tertiary/aromatic N) is 2. The summed E-state index contributed by atoms with van der Waals surface area (Å²) in [6.07, 6.45) is 1.53. The van der Waals surface area contributed by atoms with Crippen molar-refractivity contribution in [1.82, 2.24) is 15.5 Å². The number of nitrogens with one attached hydrogen (secondary N) is 2. The Morgan fingerprint density at radius 3 is 2.54 bits per heavy atom. The Morgan fingerprint density at radius 2 is 1.88 bits per heavy atom. The molecule has 2 amide bonds. The highest BCUT2D eigenvalue weighted by atomic mass is 35.5. The van der Waals surface area contributed by atoms with Gasteiger partial charge in [0, 0.05) is 57.9 Å². The van der Waals surface area contributed by atoms with Gasteiger partial charge in [0.25, 0.3) is 5.91 Å². The van der Waals surface area contributed by atoms with Crippen molar-refractivity contribution >= 4 is 29.9 Å². The van der Waals surface area contributed by atoms with Crippen LogP contribution in [-0.4, -0.2) is 69.1 Å². The summed E-state index contributed by atoms with van der Waals surface area (Å²) in [4.78, 5) is 27.7. The van der Waals surface area contributed by atoms with Gasteiger partial charge in [0.1, 0.15) is 5.75 Å². The van der Waals surface area contributed by atoms with E-state index in [1.165, 1.54) is 0 Å². The summed E-state index contributed by atoms with van der Waals surface area (Å²) in [6.45, 7) is 6.35. The molecule has 0 saturated carbocycles. The Kier molecular flexibility index (Phi) is 8.15. The van der Waals surface area contributed by atoms with Gasteiger partial charge in [-0.1, -0.05) is 0 Å². The minimum atomic E-state index is -0.117. The second kappa shape index (κ2) is 10.4. The van der Waals surface area contributed by atoms with E-state index >= 15 is 0 Å². The molecule has 2 aliphatic heterocycles. The lowest BCUT2D eigenvalue weighted by atomic mass is 10.3. The lowest BCUT2D eigenvalue weighted by Crippen LogP contribution is -2.46. The molecule has 0 aromatic heterocycles. The summed E-state index contributed by atoms with van der Waals surface area (Å²) < 4.78 is 5.52. The minimum Gasteiger partial charge on any atom is -0.484 e. The van der Waals surface area contributed by atoms with E-state index in [0.717, 1.165) is 51.4 Å². The van der Waals surface area contributed by atoms with Crippen LogP contribution in [0.25, 0.3) is 0 Å². The Bertz CT molecular complexity index is 591. The van der Waals surface area contributed by atoms with E-state index in [-0.39, 0.29) is 30.8 Å². The predicted molar refractivity (Wildman–Crippen MR) is 103 cm³/mol. The molecule has 7 nitrogen and oxygen atoms in total. The number of piperazine rings is 1. The lowest BCUT2D eigenvalue weighted by molar-refractivity contribution is -0.123. The summed E-state index contributed by atoms with van der Waals surface area (Å²) >= 11 is 0. The maximum atomic E-state index is 11.9. The van der Waals surface area contributed by atoms with Gasteiger partial charge in [-0.2, -0.15) is 0 Å². The van der Waals surface area contributed by atoms with Gasteiger partial charge in [0.15, 0.2) is 6.61 Å². The van der Waals surface area contributed by atoms with Crippen molar-refractivity contribution in [3.63, 3.8) is 0 Å². The molecule has 0 aliphatic carbocycles. The van der Waals surface area contributed by atoms with E-state index in [1.807, 2.05) is 12.1 Å². The fourth-order valence-corrected chi connectivity index (χ4v) is 3.13. The molecular formula is C18H27ClN4O3. The lowest BCUT2D eigenvalue weighted by Gasteiger charge is -2.27. The molecule has 2 N–H and O–H groups in total. The van der Waals surface area contributed by atoms with Gasteiger partial charge in [-0.15, -0.1) is 12.4 Å². The van der Waals surface area contributed by atoms with Crippen LogP contribution in [0.4, 0.5) is 5.69 Å². The average Bonchev–Trinajstić information content (AvgIpc) is 3.07. The molecule has 2 aliphatic rings. The fraction of sp³-hybridized carbons (Fsp3) is 0.556. The quantitative estimate of drug-likeness (QED) is 0.723. The molecule has 2 heterocycles. The normalized spacial score (nSPS) is 17.7. The number of carbonyl (C=O) groups excluding carboxylic acids is 2. The molecule has 0 unspecified atom stereocenters. The number of anilines is 1. The topological polar surface area (TPSA) is 73.9 Å². The zero-order valence-corrected chi connectivity index (χ0v) is 15.7. The zero-order valence-electron chi connectivity index (χ0n) is 14.9. The average molecular weight is 383 g/mol. The fourth-order valence-electron chi connectivity index (χ4n) is 3.13. The van der Waals surface area contributed by atoms with Gasteiger partial charge >= 0.3 is 0 Å². The molecule has 2 saturated heterocycles. The third kappa shape index (κ3) is 5.86. The smallest absolute Gasteiger partial charge is 0.257 e. The van der Waals surface area contributed by atoms with Crippen LogP contribution in [0.2, 0.25) is 0 Å². The van der Waals surface area contributed by atoms with Crippen molar-refractivity contribution in [3.05, 3.63) is 24.3 Å². The number of amides is 2. The largest absolute Gasteiger partial charge is 0.484 e. The van der Waals surface area contributed by atoms with Crippen molar-refractivity contribution < 1.29 is 14.3 Å². The van der Waals surface area contributed by atoms with Gasteiger partial charge in [-0.05, 0) is 30.7 Å². The molecule has 144 valence electrons. The highest BCUT2D eigenvalue weighted by Crippen LogP contribution is 2.23. The minimum absolute atomic E-state index is 0. The second-order valence-electron chi connectivity index (χ2n) is 6.37. The van der Waals surface area contributed by atoms with Crippen molar-refractivity contribution in [2.45, 2.75) is 12.8 Å². The molecule has 0 spiro atoms. The standard InChI is InChI=1S/C18H26N4O3.ClH/c23-17(20-9-13-21-11-7-19-8-12-21)14-25-16-5-3-15(4-6-16)22-10-1-2-18(22)24;/h3-6,19H,1-2,7-14H2,(H,20,23);1H. The van der Waals surface area contributed by atoms with Gasteiger partial charge in [0.2, 0.25) is 5.91 Å². The molecule has 0 radical (unpaired) electrons. The van der Waals surface area contributed by atoms with Crippen LogP contribution in [0.5, 0.6) is 5.75 Å². The van der Waals surface area contributed by atoms with Crippen LogP contribution in [-0.2, 0) is 9.59 Å². The number of rotatable bonds is 7. The molecule has 0 atom stereocenters. The molecule has 26 heavy (non-hydrogen) atoms. The van der Waals surface area contributed by atoms with Crippen LogP contribution in [0, 0.1) is 0 Å². The van der Waals surface area contributed by atoms with E-state index in [2.05, 4.69) is 15.5 Å². The molecular weight excluding hydrogens is 356 g/mol. The summed E-state index contributed by atoms with van der Waals surface area (Å²) in [5.41, 5.74) is 0.885. The molecule has 1 aromatic rings. The number of halogens is 1. The van der Waals surface area contributed by atoms with Gasteiger partial charge < -0.3 is 20.3 Å². The Labute approximate surface area is 160 Å². The summed E-state index contributed by atoms with van der Waals surface area (Å²) in [5.74, 6) is 0.680. The first-order valence-electron chi connectivity index (χ1n) is 8.95. The summed E-state index contributed by atoms with van der Waals surface area (Å²) in [6, 6.07) is 7.32. The van der Waals surface area contributed by atoms with Crippen LogP contribution >= 0.6 is 12.4 Å². The maximum Gasteiger partial charge on any atom is 0.257 e.